The molecule has 1 saturated heterocycles. The summed E-state index contributed by atoms with van der Waals surface area (Å²) in [5.41, 5.74) is 0. The summed E-state index contributed by atoms with van der Waals surface area (Å²) in [7, 11) is 3.93. The zero-order valence-electron chi connectivity index (χ0n) is 13.1. The summed E-state index contributed by atoms with van der Waals surface area (Å²) in [6.07, 6.45) is 13.7. The zero-order valence-corrected chi connectivity index (χ0v) is 17.5. The summed E-state index contributed by atoms with van der Waals surface area (Å²) in [5.74, 6) is 1.29. The largest absolute Gasteiger partial charge is 0.629 e. The molecule has 1 fully saturated rings. The van der Waals surface area contributed by atoms with E-state index in [1.54, 1.807) is 0 Å². The molecule has 1 aliphatic heterocycles. The van der Waals surface area contributed by atoms with E-state index in [4.69, 9.17) is 5.32 Å². The second-order valence-electron chi connectivity index (χ2n) is 5.25. The van der Waals surface area contributed by atoms with Gasteiger partial charge < -0.3 is 5.32 Å². The van der Waals surface area contributed by atoms with Crippen LogP contribution >= 0.6 is 33.3 Å². The number of unbranched alkanes of at least 4 members (excludes halogenated alkanes) is 8. The Morgan fingerprint density at radius 3 is 1.90 bits per heavy atom. The Morgan fingerprint density at radius 1 is 0.800 bits per heavy atom. The zero-order chi connectivity index (χ0) is 13.8. The van der Waals surface area contributed by atoms with Crippen LogP contribution in [0.5, 0.6) is 0 Å². The van der Waals surface area contributed by atoms with Crippen molar-refractivity contribution in [2.45, 2.75) is 81.6 Å². The maximum atomic E-state index is 4.89. The smallest absolute Gasteiger partial charge is 0.0414 e. The molecule has 0 radical (unpaired) electrons. The molecule has 0 aromatic carbocycles. The molecule has 0 bridgehead atoms. The predicted octanol–water partition coefficient (Wildman–Crippen LogP) is 7.04. The Hall–Kier alpha value is 1.70. The van der Waals surface area contributed by atoms with Gasteiger partial charge in [0.15, 0.2) is 0 Å². The summed E-state index contributed by atoms with van der Waals surface area (Å²) in [5, 5.41) is 4.89. The molecule has 0 N–H and O–H groups in total. The molecule has 0 aromatic rings. The van der Waals surface area contributed by atoms with E-state index < -0.39 is 0 Å². The molecule has 0 atom stereocenters. The van der Waals surface area contributed by atoms with E-state index in [0.717, 1.165) is 6.54 Å². The topological polar surface area (TPSA) is 14.1 Å². The molecule has 1 rings (SSSR count). The van der Waals surface area contributed by atoms with E-state index in [-0.39, 0.29) is 24.6 Å². The van der Waals surface area contributed by atoms with Crippen LogP contribution in [0.15, 0.2) is 0 Å². The molecular weight excluding hydrogens is 386 g/mol. The second kappa shape index (κ2) is 14.3. The molecule has 1 nitrogen and oxygen atoms in total. The van der Waals surface area contributed by atoms with Crippen LogP contribution < -0.4 is 0 Å². The normalized spacial score (nSPS) is 15.9. The van der Waals surface area contributed by atoms with E-state index in [0.29, 0.717) is 0 Å². The van der Waals surface area contributed by atoms with Crippen molar-refractivity contribution in [3.05, 3.63) is 5.32 Å². The van der Waals surface area contributed by atoms with Gasteiger partial charge in [0, 0.05) is 24.6 Å². The fourth-order valence-corrected chi connectivity index (χ4v) is 5.76. The molecule has 0 aromatic heterocycles. The van der Waals surface area contributed by atoms with Crippen LogP contribution in [0.4, 0.5) is 0 Å². The van der Waals surface area contributed by atoms with E-state index in [9.17, 15) is 0 Å². The van der Waals surface area contributed by atoms with Crippen molar-refractivity contribution in [2.24, 2.45) is 0 Å². The van der Waals surface area contributed by atoms with Crippen molar-refractivity contribution in [3.8, 4) is 0 Å². The van der Waals surface area contributed by atoms with Gasteiger partial charge in [-0.2, -0.15) is 11.8 Å². The van der Waals surface area contributed by atoms with Crippen LogP contribution in [0.2, 0.25) is 0 Å². The van der Waals surface area contributed by atoms with Crippen molar-refractivity contribution in [1.82, 2.24) is 0 Å². The Bertz CT molecular complexity index is 195. The number of rotatable bonds is 14. The fraction of sp³-hybridized carbons (Fsp3) is 1.00. The second-order valence-corrected chi connectivity index (χ2v) is 9.83. The van der Waals surface area contributed by atoms with Gasteiger partial charge in [-0.1, -0.05) is 93.2 Å². The molecule has 5 heteroatoms. The molecule has 0 aliphatic carbocycles. The average Bonchev–Trinajstić information content (AvgIpc) is 3.18. The molecular formula is C15H30MoNS3-. The first-order chi connectivity index (χ1) is 9.33. The van der Waals surface area contributed by atoms with Crippen LogP contribution in [-0.2, 0) is 21.1 Å². The molecule has 0 amide bonds. The third kappa shape index (κ3) is 11.3. The summed E-state index contributed by atoms with van der Waals surface area (Å²) < 4.78 is 0.218. The first kappa shape index (κ1) is 21.7. The molecule has 0 saturated carbocycles. The van der Waals surface area contributed by atoms with Crippen molar-refractivity contribution in [2.75, 3.05) is 12.3 Å². The fourth-order valence-electron chi connectivity index (χ4n) is 2.02. The molecule has 1 heterocycles. The van der Waals surface area contributed by atoms with Gasteiger partial charge in [-0.3, -0.25) is 0 Å². The Labute approximate surface area is 153 Å². The average molecular weight is 417 g/mol. The molecule has 1 aliphatic rings. The Morgan fingerprint density at radius 2 is 1.35 bits per heavy atom. The third-order valence-corrected chi connectivity index (χ3v) is 8.31. The van der Waals surface area contributed by atoms with E-state index in [1.807, 2.05) is 21.6 Å². The van der Waals surface area contributed by atoms with Crippen molar-refractivity contribution < 1.29 is 21.1 Å². The summed E-state index contributed by atoms with van der Waals surface area (Å²) in [4.78, 5) is 0. The molecule has 0 spiro atoms. The van der Waals surface area contributed by atoms with E-state index in [1.165, 1.54) is 70.0 Å². The Kier molecular flexibility index (Phi) is 15.5. The third-order valence-electron chi connectivity index (χ3n) is 3.33. The van der Waals surface area contributed by atoms with Crippen LogP contribution in [0.1, 0.15) is 78.1 Å². The van der Waals surface area contributed by atoms with E-state index >= 15 is 0 Å². The number of hydrogen-bond donors (Lipinski definition) is 0. The van der Waals surface area contributed by atoms with Gasteiger partial charge in [0.05, 0.1) is 0 Å². The van der Waals surface area contributed by atoms with E-state index in [2.05, 4.69) is 25.6 Å². The predicted molar refractivity (Wildman–Crippen MR) is 96.1 cm³/mol. The first-order valence-corrected chi connectivity index (χ1v) is 11.2. The van der Waals surface area contributed by atoms with Crippen LogP contribution in [0, 0.1) is 0 Å². The summed E-state index contributed by atoms with van der Waals surface area (Å²) in [6.45, 7) is 5.63. The van der Waals surface area contributed by atoms with Gasteiger partial charge in [0.1, 0.15) is 0 Å². The van der Waals surface area contributed by atoms with Gasteiger partial charge in [-0.05, 0) is 12.2 Å². The number of thioether (sulfide) groups is 1. The minimum absolute atomic E-state index is 0. The quantitative estimate of drug-likeness (QED) is 0.131. The minimum Gasteiger partial charge on any atom is -0.629 e. The van der Waals surface area contributed by atoms with Gasteiger partial charge in [-0.25, -0.2) is 0 Å². The molecule has 120 valence electrons. The monoisotopic (exact) mass is 418 g/mol. The van der Waals surface area contributed by atoms with Crippen LogP contribution in [0.25, 0.3) is 5.32 Å². The van der Waals surface area contributed by atoms with Crippen molar-refractivity contribution in [3.63, 3.8) is 0 Å². The summed E-state index contributed by atoms with van der Waals surface area (Å²) in [6, 6.07) is 0. The number of nitrogens with zero attached hydrogens (tertiary/aromatic N) is 1. The maximum Gasteiger partial charge on any atom is 0.0414 e. The molecule has 20 heavy (non-hydrogen) atoms. The Balaban J connectivity index is 0.00000361. The minimum atomic E-state index is 0. The van der Waals surface area contributed by atoms with Crippen LogP contribution in [0.3, 0.4) is 0 Å². The van der Waals surface area contributed by atoms with Crippen molar-refractivity contribution >= 4 is 33.3 Å². The standard InChI is InChI=1S/C15H30NS3.Mo/c1-3-5-7-9-11-13-16-15(18-19-15)17-14-12-10-8-6-4-2;/h3-14H2,1-2H3;/q-1;. The molecule has 0 unspecified atom stereocenters. The van der Waals surface area contributed by atoms with Gasteiger partial charge in [-0.15, -0.1) is 6.54 Å². The first-order valence-electron chi connectivity index (χ1n) is 8.02. The van der Waals surface area contributed by atoms with Gasteiger partial charge in [0.2, 0.25) is 0 Å². The van der Waals surface area contributed by atoms with Crippen molar-refractivity contribution in [1.29, 1.82) is 0 Å². The SMILES string of the molecule is CCCCCCC[N-]C1(SCCCCCCC)SS1.[Mo]. The maximum absolute atomic E-state index is 4.89. The van der Waals surface area contributed by atoms with Gasteiger partial charge in [0.25, 0.3) is 0 Å². The number of hydrogen-bond acceptors (Lipinski definition) is 3. The van der Waals surface area contributed by atoms with Gasteiger partial charge >= 0.3 is 0 Å². The summed E-state index contributed by atoms with van der Waals surface area (Å²) >= 11 is 2.08. The van der Waals surface area contributed by atoms with Crippen LogP contribution in [-0.4, -0.2) is 15.8 Å².